The maximum Gasteiger partial charge on any atom is 0.254 e. The Morgan fingerprint density at radius 1 is 1.08 bits per heavy atom. The molecule has 2 aromatic heterocycles. The highest BCUT2D eigenvalue weighted by Crippen LogP contribution is 2.61. The van der Waals surface area contributed by atoms with Crippen LogP contribution in [0.25, 0.3) is 11.2 Å². The molecule has 3 aliphatic carbocycles. The lowest BCUT2D eigenvalue weighted by Crippen LogP contribution is -2.49. The number of aryl methyl sites for hydroxylation is 3. The smallest absolute Gasteiger partial charge is 0.201 e. The highest BCUT2D eigenvalue weighted by molar-refractivity contribution is 5.51. The lowest BCUT2D eigenvalue weighted by molar-refractivity contribution is -0.594. The summed E-state index contributed by atoms with van der Waals surface area (Å²) in [5, 5.41) is 0. The standard InChI is InChI=1S/C23H27N2/c1-14-8-15(2)21(16(3)9-14)24-12-19-7-6-17-10-18-11-20(23(18,4)5)22(17)25(19)13-24/h6-9,12-13,18,20H,10-11H2,1-5H3/q+1/t18-,20-/m0/s1. The minimum atomic E-state index is 0.450. The van der Waals surface area contributed by atoms with Gasteiger partial charge >= 0.3 is 0 Å². The van der Waals surface area contributed by atoms with Crippen LogP contribution < -0.4 is 4.57 Å². The largest absolute Gasteiger partial charge is 0.254 e. The van der Waals surface area contributed by atoms with E-state index in [9.17, 15) is 0 Å². The summed E-state index contributed by atoms with van der Waals surface area (Å²) >= 11 is 0. The molecule has 3 aromatic rings. The van der Waals surface area contributed by atoms with Gasteiger partial charge in [0.15, 0.2) is 5.52 Å². The number of hydrogen-bond donors (Lipinski definition) is 0. The average Bonchev–Trinajstić information content (AvgIpc) is 2.97. The van der Waals surface area contributed by atoms with Crippen molar-refractivity contribution in [3.8, 4) is 5.69 Å². The van der Waals surface area contributed by atoms with Crippen LogP contribution in [0.1, 0.15) is 54.1 Å². The number of fused-ring (bicyclic) bond motifs is 1. The Labute approximate surface area is 150 Å². The third-order valence-corrected chi connectivity index (χ3v) is 6.99. The van der Waals surface area contributed by atoms with Crippen LogP contribution in [0.15, 0.2) is 36.8 Å². The molecule has 6 rings (SSSR count). The molecule has 0 N–H and O–H groups in total. The summed E-state index contributed by atoms with van der Waals surface area (Å²) < 4.78 is 4.80. The average molecular weight is 331 g/mol. The number of benzene rings is 1. The van der Waals surface area contributed by atoms with Crippen molar-refractivity contribution in [2.75, 3.05) is 0 Å². The molecule has 0 radical (unpaired) electrons. The van der Waals surface area contributed by atoms with Crippen LogP contribution in [0.2, 0.25) is 0 Å². The molecule has 1 fully saturated rings. The van der Waals surface area contributed by atoms with Crippen LogP contribution in [0.5, 0.6) is 0 Å². The predicted molar refractivity (Wildman–Crippen MR) is 101 cm³/mol. The molecule has 128 valence electrons. The molecule has 2 atom stereocenters. The highest BCUT2D eigenvalue weighted by Gasteiger charge is 2.55. The van der Waals surface area contributed by atoms with Crippen LogP contribution in [-0.4, -0.2) is 4.40 Å². The fourth-order valence-electron chi connectivity index (χ4n) is 5.54. The Morgan fingerprint density at radius 3 is 2.48 bits per heavy atom. The van der Waals surface area contributed by atoms with Gasteiger partial charge in [-0.15, -0.1) is 0 Å². The molecule has 2 heteroatoms. The van der Waals surface area contributed by atoms with Crippen molar-refractivity contribution in [2.45, 2.75) is 53.4 Å². The van der Waals surface area contributed by atoms with E-state index in [0.717, 1.165) is 5.92 Å². The lowest BCUT2D eigenvalue weighted by Gasteiger charge is -2.55. The highest BCUT2D eigenvalue weighted by atomic mass is 15.1. The molecule has 25 heavy (non-hydrogen) atoms. The number of aromatic nitrogens is 2. The van der Waals surface area contributed by atoms with Gasteiger partial charge in [0, 0.05) is 5.92 Å². The summed E-state index contributed by atoms with van der Waals surface area (Å²) in [5.74, 6) is 1.57. The van der Waals surface area contributed by atoms with Crippen molar-refractivity contribution in [2.24, 2.45) is 11.3 Å². The number of pyridine rings is 1. The SMILES string of the molecule is Cc1cc(C)c(-[n+]2cc3ccc4c(n3c2)[C@@H]2C[C@H](C4)C2(C)C)c(C)c1. The van der Waals surface area contributed by atoms with Crippen LogP contribution in [-0.2, 0) is 6.42 Å². The Bertz CT molecular complexity index is 999. The van der Waals surface area contributed by atoms with Crippen LogP contribution >= 0.6 is 0 Å². The zero-order chi connectivity index (χ0) is 17.5. The van der Waals surface area contributed by atoms with Gasteiger partial charge in [0.2, 0.25) is 0 Å². The number of nitrogens with zero attached hydrogens (tertiary/aromatic N) is 2. The monoisotopic (exact) mass is 331 g/mol. The Hall–Kier alpha value is -2.09. The van der Waals surface area contributed by atoms with Gasteiger partial charge in [0.1, 0.15) is 17.6 Å². The minimum absolute atomic E-state index is 0.450. The van der Waals surface area contributed by atoms with Crippen molar-refractivity contribution < 1.29 is 4.57 Å². The first-order valence-corrected chi connectivity index (χ1v) is 9.49. The van der Waals surface area contributed by atoms with E-state index in [4.69, 9.17) is 0 Å². The quantitative estimate of drug-likeness (QED) is 0.565. The second-order valence-electron chi connectivity index (χ2n) is 8.95. The molecule has 0 spiro atoms. The fraction of sp³-hybridized carbons (Fsp3) is 0.435. The summed E-state index contributed by atoms with van der Waals surface area (Å²) in [6.07, 6.45) is 7.21. The summed E-state index contributed by atoms with van der Waals surface area (Å²) in [4.78, 5) is 0. The molecule has 2 bridgehead atoms. The van der Waals surface area contributed by atoms with Gasteiger partial charge in [-0.3, -0.25) is 0 Å². The van der Waals surface area contributed by atoms with Crippen molar-refractivity contribution in [3.05, 3.63) is 64.7 Å². The molecule has 1 aromatic carbocycles. The van der Waals surface area contributed by atoms with E-state index in [-0.39, 0.29) is 0 Å². The molecule has 3 aliphatic rings. The van der Waals surface area contributed by atoms with E-state index < -0.39 is 0 Å². The van der Waals surface area contributed by atoms with Crippen LogP contribution in [0.3, 0.4) is 0 Å². The first-order chi connectivity index (χ1) is 11.9. The summed E-state index contributed by atoms with van der Waals surface area (Å²) in [6.45, 7) is 11.5. The van der Waals surface area contributed by atoms with Crippen LogP contribution in [0.4, 0.5) is 0 Å². The maximum absolute atomic E-state index is 2.47. The van der Waals surface area contributed by atoms with Gasteiger partial charge in [0.25, 0.3) is 6.33 Å². The van der Waals surface area contributed by atoms with Crippen molar-refractivity contribution in [1.29, 1.82) is 0 Å². The molecule has 0 saturated heterocycles. The third-order valence-electron chi connectivity index (χ3n) is 6.99. The number of rotatable bonds is 1. The minimum Gasteiger partial charge on any atom is -0.201 e. The van der Waals surface area contributed by atoms with E-state index in [1.807, 2.05) is 0 Å². The van der Waals surface area contributed by atoms with Crippen molar-refractivity contribution in [3.63, 3.8) is 0 Å². The van der Waals surface area contributed by atoms with Gasteiger partial charge in [-0.25, -0.2) is 4.57 Å². The number of hydrogen-bond acceptors (Lipinski definition) is 0. The Kier molecular flexibility index (Phi) is 2.89. The summed E-state index contributed by atoms with van der Waals surface area (Å²) in [7, 11) is 0. The van der Waals surface area contributed by atoms with Gasteiger partial charge in [-0.2, -0.15) is 4.40 Å². The molecule has 2 heterocycles. The molecular weight excluding hydrogens is 304 g/mol. The second-order valence-corrected chi connectivity index (χ2v) is 8.95. The topological polar surface area (TPSA) is 8.29 Å². The van der Waals surface area contributed by atoms with E-state index in [1.54, 1.807) is 11.3 Å². The molecule has 0 amide bonds. The first kappa shape index (κ1) is 15.2. The van der Waals surface area contributed by atoms with E-state index in [0.29, 0.717) is 11.3 Å². The molecule has 1 saturated carbocycles. The normalized spacial score (nSPS) is 23.4. The molecular formula is C23H27N2+. The van der Waals surface area contributed by atoms with Gasteiger partial charge < -0.3 is 0 Å². The predicted octanol–water partition coefficient (Wildman–Crippen LogP) is 4.83. The lowest BCUT2D eigenvalue weighted by atomic mass is 9.48. The van der Waals surface area contributed by atoms with E-state index in [2.05, 4.69) is 80.4 Å². The fourth-order valence-corrected chi connectivity index (χ4v) is 5.54. The molecule has 0 aliphatic heterocycles. The first-order valence-electron chi connectivity index (χ1n) is 9.49. The van der Waals surface area contributed by atoms with E-state index in [1.165, 1.54) is 40.7 Å². The van der Waals surface area contributed by atoms with Gasteiger partial charge in [-0.05, 0) is 67.7 Å². The zero-order valence-electron chi connectivity index (χ0n) is 15.9. The van der Waals surface area contributed by atoms with Gasteiger partial charge in [0.05, 0.1) is 0 Å². The van der Waals surface area contributed by atoms with Crippen molar-refractivity contribution in [1.82, 2.24) is 4.40 Å². The second kappa shape index (κ2) is 4.75. The van der Waals surface area contributed by atoms with Gasteiger partial charge in [-0.1, -0.05) is 37.6 Å². The van der Waals surface area contributed by atoms with Crippen LogP contribution in [0, 0.1) is 32.1 Å². The van der Waals surface area contributed by atoms with Crippen molar-refractivity contribution >= 4 is 5.52 Å². The third kappa shape index (κ3) is 1.94. The number of imidazole rings is 1. The van der Waals surface area contributed by atoms with E-state index >= 15 is 0 Å². The Morgan fingerprint density at radius 2 is 1.80 bits per heavy atom. The summed E-state index contributed by atoms with van der Waals surface area (Å²) in [5.41, 5.74) is 10.2. The maximum atomic E-state index is 2.47. The Balaban J connectivity index is 1.74. The molecule has 0 unspecified atom stereocenters. The molecule has 2 nitrogen and oxygen atoms in total. The summed E-state index contributed by atoms with van der Waals surface area (Å²) in [6, 6.07) is 9.24. The zero-order valence-corrected chi connectivity index (χ0v) is 15.9.